The number of halogens is 1. The third kappa shape index (κ3) is 2.89. The molecular weight excluding hydrogens is 278 g/mol. The maximum absolute atomic E-state index is 11.7. The summed E-state index contributed by atoms with van der Waals surface area (Å²) in [4.78, 5) is 12.1. The van der Waals surface area contributed by atoms with Gasteiger partial charge in [-0.25, -0.2) is 0 Å². The molecule has 1 aliphatic rings. The zero-order valence-electron chi connectivity index (χ0n) is 10.1. The third-order valence-corrected chi connectivity index (χ3v) is 4.22. The van der Waals surface area contributed by atoms with Gasteiger partial charge in [-0.3, -0.25) is 4.79 Å². The van der Waals surface area contributed by atoms with Crippen LogP contribution < -0.4 is 5.32 Å². The highest BCUT2D eigenvalue weighted by atomic mass is 79.9. The van der Waals surface area contributed by atoms with Gasteiger partial charge in [0, 0.05) is 16.9 Å². The maximum atomic E-state index is 11.7. The highest BCUT2D eigenvalue weighted by molar-refractivity contribution is 9.09. The number of carbonyl (C=O) groups excluding carboxylic acids is 1. The monoisotopic (exact) mass is 295 g/mol. The van der Waals surface area contributed by atoms with E-state index in [0.717, 1.165) is 24.9 Å². The second kappa shape index (κ2) is 5.67. The molecule has 1 heterocycles. The molecule has 1 N–H and O–H groups in total. The van der Waals surface area contributed by atoms with Crippen molar-refractivity contribution in [2.75, 3.05) is 6.54 Å². The molecule has 0 saturated carbocycles. The smallest absolute Gasteiger partial charge is 0.251 e. The fraction of sp³-hybridized carbons (Fsp3) is 0.500. The molecule has 1 amide bonds. The molecule has 3 heteroatoms. The molecule has 92 valence electrons. The maximum Gasteiger partial charge on any atom is 0.251 e. The van der Waals surface area contributed by atoms with Crippen LogP contribution >= 0.6 is 15.9 Å². The van der Waals surface area contributed by atoms with Crippen LogP contribution in [-0.2, 0) is 6.42 Å². The highest BCUT2D eigenvalue weighted by Crippen LogP contribution is 2.30. The topological polar surface area (TPSA) is 29.1 Å². The van der Waals surface area contributed by atoms with Crippen molar-refractivity contribution in [3.63, 3.8) is 0 Å². The summed E-state index contributed by atoms with van der Waals surface area (Å²) in [6, 6.07) is 6.29. The summed E-state index contributed by atoms with van der Waals surface area (Å²) in [5.41, 5.74) is 3.25. The van der Waals surface area contributed by atoms with Crippen LogP contribution in [0.1, 0.15) is 52.5 Å². The predicted octanol–water partition coefficient (Wildman–Crippen LogP) is 3.60. The third-order valence-electron chi connectivity index (χ3n) is 3.23. The lowest BCUT2D eigenvalue weighted by atomic mass is 9.96. The Morgan fingerprint density at radius 3 is 3.06 bits per heavy atom. The molecule has 2 nitrogen and oxygen atoms in total. The zero-order chi connectivity index (χ0) is 12.3. The van der Waals surface area contributed by atoms with E-state index in [1.165, 1.54) is 24.0 Å². The van der Waals surface area contributed by atoms with Crippen LogP contribution in [0.5, 0.6) is 0 Å². The first-order chi connectivity index (χ1) is 8.22. The Bertz CT molecular complexity index is 417. The minimum absolute atomic E-state index is 0.0725. The summed E-state index contributed by atoms with van der Waals surface area (Å²) < 4.78 is 0. The van der Waals surface area contributed by atoms with Crippen LogP contribution in [0.15, 0.2) is 18.2 Å². The average Bonchev–Trinajstić information content (AvgIpc) is 2.36. The van der Waals surface area contributed by atoms with E-state index in [-0.39, 0.29) is 5.91 Å². The molecule has 0 aromatic heterocycles. The molecule has 0 spiro atoms. The van der Waals surface area contributed by atoms with Crippen molar-refractivity contribution in [1.82, 2.24) is 5.32 Å². The number of rotatable bonds is 4. The molecule has 1 aliphatic heterocycles. The van der Waals surface area contributed by atoms with Gasteiger partial charge in [0.2, 0.25) is 0 Å². The van der Waals surface area contributed by atoms with Crippen molar-refractivity contribution in [3.8, 4) is 0 Å². The number of fused-ring (bicyclic) bond motifs is 1. The minimum Gasteiger partial charge on any atom is -0.352 e. The summed E-state index contributed by atoms with van der Waals surface area (Å²) >= 11 is 3.70. The lowest BCUT2D eigenvalue weighted by Gasteiger charge is -2.18. The molecule has 0 bridgehead atoms. The number of carbonyl (C=O) groups is 1. The molecule has 1 aromatic rings. The van der Waals surface area contributed by atoms with Crippen molar-refractivity contribution >= 4 is 21.8 Å². The molecule has 1 unspecified atom stereocenters. The predicted molar refractivity (Wildman–Crippen MR) is 73.7 cm³/mol. The average molecular weight is 296 g/mol. The first-order valence-electron chi connectivity index (χ1n) is 6.27. The highest BCUT2D eigenvalue weighted by Gasteiger charge is 2.18. The summed E-state index contributed by atoms with van der Waals surface area (Å²) in [5.74, 6) is 0.0725. The van der Waals surface area contributed by atoms with E-state index >= 15 is 0 Å². The van der Waals surface area contributed by atoms with Crippen molar-refractivity contribution < 1.29 is 4.79 Å². The second-order valence-corrected chi connectivity index (χ2v) is 5.64. The number of nitrogens with one attached hydrogen (secondary N) is 1. The fourth-order valence-corrected chi connectivity index (χ4v) is 2.78. The number of benzene rings is 1. The van der Waals surface area contributed by atoms with Gasteiger partial charge in [-0.2, -0.15) is 0 Å². The van der Waals surface area contributed by atoms with Gasteiger partial charge in [0.1, 0.15) is 0 Å². The van der Waals surface area contributed by atoms with Crippen molar-refractivity contribution in [2.45, 2.75) is 37.4 Å². The van der Waals surface area contributed by atoms with E-state index in [4.69, 9.17) is 0 Å². The van der Waals surface area contributed by atoms with Crippen LogP contribution in [-0.4, -0.2) is 12.5 Å². The first kappa shape index (κ1) is 12.6. The number of amides is 1. The molecule has 17 heavy (non-hydrogen) atoms. The fourth-order valence-electron chi connectivity index (χ4n) is 2.17. The quantitative estimate of drug-likeness (QED) is 0.845. The van der Waals surface area contributed by atoms with Gasteiger partial charge >= 0.3 is 0 Å². The molecular formula is C14H18BrNO. The lowest BCUT2D eigenvalue weighted by molar-refractivity contribution is 0.0946. The molecule has 1 aromatic carbocycles. The summed E-state index contributed by atoms with van der Waals surface area (Å²) in [6.45, 7) is 2.96. The van der Waals surface area contributed by atoms with Crippen molar-refractivity contribution in [3.05, 3.63) is 34.9 Å². The van der Waals surface area contributed by atoms with E-state index in [9.17, 15) is 4.79 Å². The molecule has 2 rings (SSSR count). The molecule has 0 saturated heterocycles. The SMILES string of the molecule is CCCCC(Br)c1ccc2c(c1)C(=O)NCC2. The largest absolute Gasteiger partial charge is 0.352 e. The summed E-state index contributed by atoms with van der Waals surface area (Å²) in [5, 5.41) is 2.89. The second-order valence-electron chi connectivity index (χ2n) is 4.53. The summed E-state index contributed by atoms with van der Waals surface area (Å²) in [7, 11) is 0. The van der Waals surface area contributed by atoms with E-state index in [0.29, 0.717) is 4.83 Å². The molecule has 0 fully saturated rings. The Balaban J connectivity index is 2.20. The standard InChI is InChI=1S/C14H18BrNO/c1-2-3-4-13(15)11-6-5-10-7-8-16-14(17)12(10)9-11/h5-6,9,13H,2-4,7-8H2,1H3,(H,16,17). The normalized spacial score (nSPS) is 16.2. The van der Waals surface area contributed by atoms with Gasteiger partial charge in [-0.15, -0.1) is 0 Å². The Morgan fingerprint density at radius 2 is 2.29 bits per heavy atom. The zero-order valence-corrected chi connectivity index (χ0v) is 11.7. The van der Waals surface area contributed by atoms with Gasteiger partial charge < -0.3 is 5.32 Å². The van der Waals surface area contributed by atoms with Crippen molar-refractivity contribution in [1.29, 1.82) is 0 Å². The Morgan fingerprint density at radius 1 is 1.47 bits per heavy atom. The van der Waals surface area contributed by atoms with Gasteiger partial charge in [0.25, 0.3) is 5.91 Å². The van der Waals surface area contributed by atoms with Crippen LogP contribution in [0.4, 0.5) is 0 Å². The first-order valence-corrected chi connectivity index (χ1v) is 7.19. The van der Waals surface area contributed by atoms with E-state index < -0.39 is 0 Å². The molecule has 1 atom stereocenters. The number of hydrogen-bond acceptors (Lipinski definition) is 1. The van der Waals surface area contributed by atoms with Gasteiger partial charge in [-0.05, 0) is 30.0 Å². The van der Waals surface area contributed by atoms with Crippen LogP contribution in [0, 0.1) is 0 Å². The van der Waals surface area contributed by atoms with Crippen LogP contribution in [0.25, 0.3) is 0 Å². The number of unbranched alkanes of at least 4 members (excludes halogenated alkanes) is 1. The Kier molecular flexibility index (Phi) is 4.21. The lowest BCUT2D eigenvalue weighted by Crippen LogP contribution is -2.31. The van der Waals surface area contributed by atoms with E-state index in [1.807, 2.05) is 6.07 Å². The minimum atomic E-state index is 0.0725. The van der Waals surface area contributed by atoms with Crippen molar-refractivity contribution in [2.24, 2.45) is 0 Å². The Hall–Kier alpha value is -0.830. The van der Waals surface area contributed by atoms with Gasteiger partial charge in [0.15, 0.2) is 0 Å². The Labute approximate surface area is 111 Å². The molecule has 0 aliphatic carbocycles. The number of hydrogen-bond donors (Lipinski definition) is 1. The van der Waals surface area contributed by atoms with Crippen LogP contribution in [0.2, 0.25) is 0 Å². The van der Waals surface area contributed by atoms with Crippen LogP contribution in [0.3, 0.4) is 0 Å². The van der Waals surface area contributed by atoms with E-state index in [1.54, 1.807) is 0 Å². The number of alkyl halides is 1. The van der Waals surface area contributed by atoms with Gasteiger partial charge in [-0.1, -0.05) is 47.8 Å². The summed E-state index contributed by atoms with van der Waals surface area (Å²) in [6.07, 6.45) is 4.48. The van der Waals surface area contributed by atoms with E-state index in [2.05, 4.69) is 40.3 Å². The van der Waals surface area contributed by atoms with Gasteiger partial charge in [0.05, 0.1) is 0 Å². The molecule has 0 radical (unpaired) electrons.